The first kappa shape index (κ1) is 20.2. The molecule has 0 radical (unpaired) electrons. The van der Waals surface area contributed by atoms with E-state index < -0.39 is 0 Å². The smallest absolute Gasteiger partial charge is 0.280 e. The first-order valence-electron chi connectivity index (χ1n) is 10.1. The predicted molar refractivity (Wildman–Crippen MR) is 116 cm³/mol. The van der Waals surface area contributed by atoms with Crippen LogP contribution in [0.4, 0.5) is 5.69 Å². The number of nitrogens with zero attached hydrogens (tertiary/aromatic N) is 2. The van der Waals surface area contributed by atoms with Crippen LogP contribution in [0.25, 0.3) is 0 Å². The number of aliphatic hydroxyl groups excluding tert-OH is 1. The first-order valence-corrected chi connectivity index (χ1v) is 10.1. The van der Waals surface area contributed by atoms with Gasteiger partial charge in [-0.2, -0.15) is 5.10 Å². The first-order chi connectivity index (χ1) is 14.4. The van der Waals surface area contributed by atoms with Crippen LogP contribution in [-0.4, -0.2) is 34.9 Å². The Morgan fingerprint density at radius 1 is 1.13 bits per heavy atom. The van der Waals surface area contributed by atoms with Crippen molar-refractivity contribution < 1.29 is 14.6 Å². The fourth-order valence-electron chi connectivity index (χ4n) is 4.12. The molecule has 0 bridgehead atoms. The molecule has 6 heteroatoms. The van der Waals surface area contributed by atoms with Gasteiger partial charge < -0.3 is 9.84 Å². The van der Waals surface area contributed by atoms with Crippen molar-refractivity contribution in [1.82, 2.24) is 10.2 Å². The summed E-state index contributed by atoms with van der Waals surface area (Å²) in [4.78, 5) is 15.3. The van der Waals surface area contributed by atoms with E-state index in [1.807, 2.05) is 48.5 Å². The minimum Gasteiger partial charge on any atom is -0.496 e. The van der Waals surface area contributed by atoms with E-state index in [-0.39, 0.29) is 24.0 Å². The molecule has 6 nitrogen and oxygen atoms in total. The van der Waals surface area contributed by atoms with Crippen molar-refractivity contribution in [2.45, 2.75) is 38.6 Å². The summed E-state index contributed by atoms with van der Waals surface area (Å²) in [5.74, 6) is 0.591. The van der Waals surface area contributed by atoms with Gasteiger partial charge in [-0.1, -0.05) is 51.1 Å². The number of fused-ring (bicyclic) bond motifs is 1. The van der Waals surface area contributed by atoms with Crippen molar-refractivity contribution >= 4 is 11.6 Å². The SMILES string of the molecule is COc1ccccc1C1c2c(n[nH]c2C(C)(C)C)C(=O)N1c1ccc(CCO)cc1. The third-order valence-corrected chi connectivity index (χ3v) is 5.56. The molecule has 0 aliphatic carbocycles. The molecule has 30 heavy (non-hydrogen) atoms. The highest BCUT2D eigenvalue weighted by Crippen LogP contribution is 2.47. The molecule has 1 aromatic heterocycles. The van der Waals surface area contributed by atoms with Crippen molar-refractivity contribution in [2.75, 3.05) is 18.6 Å². The van der Waals surface area contributed by atoms with Crippen LogP contribution in [0.3, 0.4) is 0 Å². The van der Waals surface area contributed by atoms with Gasteiger partial charge in [0, 0.05) is 34.5 Å². The lowest BCUT2D eigenvalue weighted by Crippen LogP contribution is -2.30. The normalized spacial score (nSPS) is 16.1. The Balaban J connectivity index is 1.91. The van der Waals surface area contributed by atoms with Crippen LogP contribution in [-0.2, 0) is 11.8 Å². The lowest BCUT2D eigenvalue weighted by atomic mass is 9.85. The quantitative estimate of drug-likeness (QED) is 0.673. The van der Waals surface area contributed by atoms with Crippen LogP contribution in [0, 0.1) is 0 Å². The van der Waals surface area contributed by atoms with E-state index >= 15 is 0 Å². The van der Waals surface area contributed by atoms with Crippen molar-refractivity contribution in [1.29, 1.82) is 0 Å². The minimum absolute atomic E-state index is 0.0934. The van der Waals surface area contributed by atoms with Crippen LogP contribution in [0.2, 0.25) is 0 Å². The van der Waals surface area contributed by atoms with Gasteiger partial charge in [-0.3, -0.25) is 14.8 Å². The summed E-state index contributed by atoms with van der Waals surface area (Å²) in [6.07, 6.45) is 0.583. The van der Waals surface area contributed by atoms with Crippen LogP contribution < -0.4 is 9.64 Å². The zero-order chi connectivity index (χ0) is 21.5. The summed E-state index contributed by atoms with van der Waals surface area (Å²) in [5.41, 5.74) is 4.82. The van der Waals surface area contributed by atoms with Gasteiger partial charge in [-0.15, -0.1) is 0 Å². The van der Waals surface area contributed by atoms with E-state index in [0.29, 0.717) is 12.1 Å². The van der Waals surface area contributed by atoms with Crippen LogP contribution in [0.1, 0.15) is 59.7 Å². The average Bonchev–Trinajstić information content (AvgIpc) is 3.28. The lowest BCUT2D eigenvalue weighted by Gasteiger charge is -2.29. The number of methoxy groups -OCH3 is 1. The Morgan fingerprint density at radius 3 is 2.47 bits per heavy atom. The van der Waals surface area contributed by atoms with E-state index in [1.54, 1.807) is 12.0 Å². The maximum Gasteiger partial charge on any atom is 0.280 e. The molecule has 2 heterocycles. The number of aliphatic hydroxyl groups is 1. The van der Waals surface area contributed by atoms with Gasteiger partial charge in [0.2, 0.25) is 0 Å². The summed E-state index contributed by atoms with van der Waals surface area (Å²) in [6, 6.07) is 15.2. The summed E-state index contributed by atoms with van der Waals surface area (Å²) < 4.78 is 5.65. The van der Waals surface area contributed by atoms with E-state index in [1.165, 1.54) is 0 Å². The molecule has 156 valence electrons. The van der Waals surface area contributed by atoms with Crippen molar-refractivity contribution in [3.8, 4) is 5.75 Å². The number of nitrogens with one attached hydrogen (secondary N) is 1. The molecule has 3 aromatic rings. The van der Waals surface area contributed by atoms with Gasteiger partial charge in [0.15, 0.2) is 5.69 Å². The summed E-state index contributed by atoms with van der Waals surface area (Å²) >= 11 is 0. The zero-order valence-electron chi connectivity index (χ0n) is 17.8. The van der Waals surface area contributed by atoms with Gasteiger partial charge >= 0.3 is 0 Å². The second kappa shape index (κ2) is 7.61. The van der Waals surface area contributed by atoms with E-state index in [9.17, 15) is 9.90 Å². The monoisotopic (exact) mass is 405 g/mol. The van der Waals surface area contributed by atoms with Gasteiger partial charge in [0.05, 0.1) is 13.2 Å². The molecular formula is C24H27N3O3. The van der Waals surface area contributed by atoms with E-state index in [2.05, 4.69) is 31.0 Å². The zero-order valence-corrected chi connectivity index (χ0v) is 17.8. The molecule has 0 saturated heterocycles. The molecular weight excluding hydrogens is 378 g/mol. The number of hydrogen-bond donors (Lipinski definition) is 2. The topological polar surface area (TPSA) is 78.5 Å². The van der Waals surface area contributed by atoms with Gasteiger partial charge in [-0.05, 0) is 30.2 Å². The summed E-state index contributed by atoms with van der Waals surface area (Å²) in [6.45, 7) is 6.42. The van der Waals surface area contributed by atoms with Gasteiger partial charge in [-0.25, -0.2) is 0 Å². The predicted octanol–water partition coefficient (Wildman–Crippen LogP) is 4.00. The maximum absolute atomic E-state index is 13.5. The molecule has 2 aromatic carbocycles. The molecule has 0 spiro atoms. The Hall–Kier alpha value is -3.12. The number of para-hydroxylation sites is 1. The molecule has 1 atom stereocenters. The van der Waals surface area contributed by atoms with Gasteiger partial charge in [0.25, 0.3) is 5.91 Å². The number of rotatable bonds is 5. The van der Waals surface area contributed by atoms with Crippen molar-refractivity contribution in [3.05, 3.63) is 76.6 Å². The molecule has 0 saturated carbocycles. The number of carbonyl (C=O) groups is 1. The number of aromatic nitrogens is 2. The third kappa shape index (κ3) is 3.27. The number of anilines is 1. The number of carbonyl (C=O) groups excluding carboxylic acids is 1. The average molecular weight is 405 g/mol. The van der Waals surface area contributed by atoms with Crippen LogP contribution >= 0.6 is 0 Å². The fourth-order valence-corrected chi connectivity index (χ4v) is 4.12. The highest BCUT2D eigenvalue weighted by atomic mass is 16.5. The molecule has 1 aliphatic heterocycles. The Morgan fingerprint density at radius 2 is 1.83 bits per heavy atom. The second-order valence-electron chi connectivity index (χ2n) is 8.57. The van der Waals surface area contributed by atoms with Crippen molar-refractivity contribution in [3.63, 3.8) is 0 Å². The van der Waals surface area contributed by atoms with Crippen LogP contribution in [0.5, 0.6) is 5.75 Å². The Labute approximate surface area is 176 Å². The van der Waals surface area contributed by atoms with E-state index in [0.717, 1.165) is 33.8 Å². The van der Waals surface area contributed by atoms with Crippen molar-refractivity contribution in [2.24, 2.45) is 0 Å². The number of H-pyrrole nitrogens is 1. The van der Waals surface area contributed by atoms with Crippen LogP contribution in [0.15, 0.2) is 48.5 Å². The standard InChI is InChI=1S/C24H27N3O3/c1-24(2,3)22-19-20(25-26-22)23(29)27(16-11-9-15(10-12-16)13-14-28)21(19)17-7-5-6-8-18(17)30-4/h5-12,21,28H,13-14H2,1-4H3,(H,25,26). The molecule has 4 rings (SSSR count). The molecule has 2 N–H and O–H groups in total. The molecule has 1 aliphatic rings. The fraction of sp³-hybridized carbons (Fsp3) is 0.333. The Bertz CT molecular complexity index is 1060. The highest BCUT2D eigenvalue weighted by Gasteiger charge is 2.45. The number of hydrogen-bond acceptors (Lipinski definition) is 4. The number of benzene rings is 2. The maximum atomic E-state index is 13.5. The lowest BCUT2D eigenvalue weighted by molar-refractivity contribution is 0.0988. The van der Waals surface area contributed by atoms with E-state index in [4.69, 9.17) is 4.74 Å². The molecule has 1 unspecified atom stereocenters. The largest absolute Gasteiger partial charge is 0.496 e. The molecule has 1 amide bonds. The highest BCUT2D eigenvalue weighted by molar-refractivity contribution is 6.10. The summed E-state index contributed by atoms with van der Waals surface area (Å²) in [7, 11) is 1.64. The number of amides is 1. The van der Waals surface area contributed by atoms with Gasteiger partial charge in [0.1, 0.15) is 5.75 Å². The third-order valence-electron chi connectivity index (χ3n) is 5.56. The summed E-state index contributed by atoms with van der Waals surface area (Å²) in [5, 5.41) is 16.7. The number of aromatic amines is 1. The minimum atomic E-state index is -0.347. The molecule has 0 fully saturated rings. The second-order valence-corrected chi connectivity index (χ2v) is 8.57. The number of ether oxygens (including phenoxy) is 1. The Kier molecular flexibility index (Phi) is 5.12.